The maximum atomic E-state index is 12.4. The minimum atomic E-state index is -0.941. The SMILES string of the molecule is Cc1c(-c2ccccc2)ccc(C(CCCC(C)C)Oc2ccc(C(=O)NCCC(=O)O)cc2)c1C(C)(C)C. The molecule has 0 radical (unpaired) electrons. The van der Waals surface area contributed by atoms with Gasteiger partial charge in [-0.15, -0.1) is 0 Å². The maximum Gasteiger partial charge on any atom is 0.305 e. The number of carbonyl (C=O) groups excluding carboxylic acids is 1. The van der Waals surface area contributed by atoms with Crippen LogP contribution in [0.3, 0.4) is 0 Å². The number of nitrogens with one attached hydrogen (secondary N) is 1. The molecule has 3 aromatic rings. The molecule has 0 heterocycles. The van der Waals surface area contributed by atoms with Crippen molar-refractivity contribution in [2.75, 3.05) is 6.54 Å². The molecule has 5 nitrogen and oxygen atoms in total. The number of carboxylic acid groups (broad SMARTS) is 1. The summed E-state index contributed by atoms with van der Waals surface area (Å²) in [6, 6.07) is 22.1. The highest BCUT2D eigenvalue weighted by molar-refractivity contribution is 5.94. The van der Waals surface area contributed by atoms with Crippen molar-refractivity contribution in [2.45, 2.75) is 78.7 Å². The van der Waals surface area contributed by atoms with Gasteiger partial charge in [0.15, 0.2) is 0 Å². The first-order valence-electron chi connectivity index (χ1n) is 13.9. The minimum Gasteiger partial charge on any atom is -0.486 e. The van der Waals surface area contributed by atoms with E-state index in [9.17, 15) is 9.59 Å². The van der Waals surface area contributed by atoms with Crippen molar-refractivity contribution < 1.29 is 19.4 Å². The molecule has 0 aliphatic rings. The van der Waals surface area contributed by atoms with Gasteiger partial charge in [-0.25, -0.2) is 0 Å². The molecule has 1 unspecified atom stereocenters. The van der Waals surface area contributed by atoms with Crippen molar-refractivity contribution in [3.63, 3.8) is 0 Å². The predicted molar refractivity (Wildman–Crippen MR) is 158 cm³/mol. The minimum absolute atomic E-state index is 0.0816. The number of ether oxygens (including phenoxy) is 1. The van der Waals surface area contributed by atoms with Crippen molar-refractivity contribution in [1.82, 2.24) is 5.32 Å². The number of hydrogen-bond acceptors (Lipinski definition) is 3. The van der Waals surface area contributed by atoms with Crippen LogP contribution in [0.2, 0.25) is 0 Å². The van der Waals surface area contributed by atoms with E-state index < -0.39 is 5.97 Å². The lowest BCUT2D eigenvalue weighted by atomic mass is 9.76. The number of carboxylic acids is 1. The quantitative estimate of drug-likeness (QED) is 0.248. The molecule has 0 aliphatic carbocycles. The maximum absolute atomic E-state index is 12.4. The van der Waals surface area contributed by atoms with E-state index in [-0.39, 0.29) is 30.4 Å². The first-order chi connectivity index (χ1) is 18.5. The van der Waals surface area contributed by atoms with Crippen LogP contribution in [-0.4, -0.2) is 23.5 Å². The van der Waals surface area contributed by atoms with Crippen LogP contribution in [0, 0.1) is 12.8 Å². The van der Waals surface area contributed by atoms with E-state index in [1.807, 2.05) is 18.2 Å². The largest absolute Gasteiger partial charge is 0.486 e. The zero-order chi connectivity index (χ0) is 28.6. The van der Waals surface area contributed by atoms with Crippen LogP contribution in [0.4, 0.5) is 0 Å². The topological polar surface area (TPSA) is 75.6 Å². The van der Waals surface area contributed by atoms with Crippen molar-refractivity contribution in [1.29, 1.82) is 0 Å². The second kappa shape index (κ2) is 13.5. The fraction of sp³-hybridized carbons (Fsp3) is 0.412. The van der Waals surface area contributed by atoms with Gasteiger partial charge in [-0.05, 0) is 83.2 Å². The highest BCUT2D eigenvalue weighted by Gasteiger charge is 2.27. The van der Waals surface area contributed by atoms with Crippen molar-refractivity contribution in [3.05, 3.63) is 89.0 Å². The van der Waals surface area contributed by atoms with Gasteiger partial charge in [0.05, 0.1) is 6.42 Å². The Morgan fingerprint density at radius 1 is 0.923 bits per heavy atom. The molecule has 0 aliphatic heterocycles. The summed E-state index contributed by atoms with van der Waals surface area (Å²) in [5, 5.41) is 11.4. The standard InChI is InChI=1S/C34H43NO4/c1-23(2)11-10-14-30(39-27-17-15-26(16-18-27)33(38)35-22-21-31(36)37)29-20-19-28(25-12-8-7-9-13-25)24(3)32(29)34(4,5)6/h7-9,12-13,15-20,23,30H,10-11,14,21-22H2,1-6H3,(H,35,38)(H,36,37). The normalized spacial score (nSPS) is 12.3. The van der Waals surface area contributed by atoms with Gasteiger partial charge in [-0.3, -0.25) is 9.59 Å². The smallest absolute Gasteiger partial charge is 0.305 e. The second-order valence-electron chi connectivity index (χ2n) is 11.7. The van der Waals surface area contributed by atoms with E-state index in [2.05, 4.69) is 83.3 Å². The van der Waals surface area contributed by atoms with E-state index in [4.69, 9.17) is 9.84 Å². The average Bonchev–Trinajstić information content (AvgIpc) is 2.87. The molecule has 2 N–H and O–H groups in total. The Kier molecular flexibility index (Phi) is 10.3. The molecular formula is C34H43NO4. The van der Waals surface area contributed by atoms with Gasteiger partial charge >= 0.3 is 5.97 Å². The van der Waals surface area contributed by atoms with Gasteiger partial charge in [0.25, 0.3) is 5.91 Å². The van der Waals surface area contributed by atoms with Crippen molar-refractivity contribution >= 4 is 11.9 Å². The van der Waals surface area contributed by atoms with Crippen LogP contribution in [0.15, 0.2) is 66.7 Å². The summed E-state index contributed by atoms with van der Waals surface area (Å²) in [5.41, 5.74) is 6.64. The number of amides is 1. The molecule has 1 atom stereocenters. The first-order valence-corrected chi connectivity index (χ1v) is 13.9. The third-order valence-electron chi connectivity index (χ3n) is 6.95. The van der Waals surface area contributed by atoms with Crippen LogP contribution in [0.25, 0.3) is 11.1 Å². The van der Waals surface area contributed by atoms with Crippen LogP contribution in [-0.2, 0) is 10.2 Å². The Hall–Kier alpha value is -3.60. The van der Waals surface area contributed by atoms with E-state index >= 15 is 0 Å². The summed E-state index contributed by atoms with van der Waals surface area (Å²) in [4.78, 5) is 23.1. The fourth-order valence-electron chi connectivity index (χ4n) is 5.15. The Morgan fingerprint density at radius 3 is 2.18 bits per heavy atom. The van der Waals surface area contributed by atoms with Crippen LogP contribution >= 0.6 is 0 Å². The number of hydrogen-bond donors (Lipinski definition) is 2. The molecule has 5 heteroatoms. The lowest BCUT2D eigenvalue weighted by Crippen LogP contribution is -2.25. The summed E-state index contributed by atoms with van der Waals surface area (Å²) >= 11 is 0. The van der Waals surface area contributed by atoms with Gasteiger partial charge in [-0.2, -0.15) is 0 Å². The van der Waals surface area contributed by atoms with Gasteiger partial charge in [-0.1, -0.05) is 83.5 Å². The summed E-state index contributed by atoms with van der Waals surface area (Å²) in [6.45, 7) is 13.6. The molecule has 0 saturated carbocycles. The Morgan fingerprint density at radius 2 is 1.59 bits per heavy atom. The van der Waals surface area contributed by atoms with Gasteiger partial charge in [0, 0.05) is 12.1 Å². The summed E-state index contributed by atoms with van der Waals surface area (Å²) in [7, 11) is 0. The van der Waals surface area contributed by atoms with E-state index in [1.165, 1.54) is 27.8 Å². The Labute approximate surface area is 233 Å². The molecule has 3 aromatic carbocycles. The molecule has 0 aromatic heterocycles. The summed E-state index contributed by atoms with van der Waals surface area (Å²) < 4.78 is 6.66. The lowest BCUT2D eigenvalue weighted by Gasteiger charge is -2.31. The second-order valence-corrected chi connectivity index (χ2v) is 11.7. The van der Waals surface area contributed by atoms with Crippen LogP contribution in [0.1, 0.15) is 93.5 Å². The van der Waals surface area contributed by atoms with Crippen LogP contribution < -0.4 is 10.1 Å². The number of rotatable bonds is 12. The Bertz CT molecular complexity index is 1240. The number of aliphatic carboxylic acids is 1. The molecule has 1 amide bonds. The number of benzene rings is 3. The highest BCUT2D eigenvalue weighted by Crippen LogP contribution is 2.40. The van der Waals surface area contributed by atoms with Gasteiger partial charge < -0.3 is 15.2 Å². The molecule has 0 fully saturated rings. The first kappa shape index (κ1) is 29.9. The monoisotopic (exact) mass is 529 g/mol. The molecule has 0 spiro atoms. The van der Waals surface area contributed by atoms with Crippen LogP contribution in [0.5, 0.6) is 5.75 Å². The molecule has 0 saturated heterocycles. The zero-order valence-corrected chi connectivity index (χ0v) is 24.2. The molecular weight excluding hydrogens is 486 g/mol. The third kappa shape index (κ3) is 8.44. The molecule has 208 valence electrons. The molecule has 3 rings (SSSR count). The number of carbonyl (C=O) groups is 2. The average molecular weight is 530 g/mol. The van der Waals surface area contributed by atoms with Crippen molar-refractivity contribution in [3.8, 4) is 16.9 Å². The van der Waals surface area contributed by atoms with Gasteiger partial charge in [0.2, 0.25) is 0 Å². The zero-order valence-electron chi connectivity index (χ0n) is 24.2. The van der Waals surface area contributed by atoms with E-state index in [0.29, 0.717) is 17.2 Å². The van der Waals surface area contributed by atoms with Crippen molar-refractivity contribution in [2.24, 2.45) is 5.92 Å². The molecule has 39 heavy (non-hydrogen) atoms. The highest BCUT2D eigenvalue weighted by atomic mass is 16.5. The van der Waals surface area contributed by atoms with E-state index in [0.717, 1.165) is 19.3 Å². The Balaban J connectivity index is 1.93. The molecule has 0 bridgehead atoms. The van der Waals surface area contributed by atoms with E-state index in [1.54, 1.807) is 12.1 Å². The lowest BCUT2D eigenvalue weighted by molar-refractivity contribution is -0.136. The summed E-state index contributed by atoms with van der Waals surface area (Å²) in [6.07, 6.45) is 2.83. The predicted octanol–water partition coefficient (Wildman–Crippen LogP) is 8.11. The summed E-state index contributed by atoms with van der Waals surface area (Å²) in [5.74, 6) is 0.0905. The van der Waals surface area contributed by atoms with Gasteiger partial charge in [0.1, 0.15) is 11.9 Å². The fourth-order valence-corrected chi connectivity index (χ4v) is 5.15. The third-order valence-corrected chi connectivity index (χ3v) is 6.95.